The van der Waals surface area contributed by atoms with Crippen LogP contribution in [0.5, 0.6) is 11.5 Å². The van der Waals surface area contributed by atoms with Crippen molar-refractivity contribution < 1.29 is 14.3 Å². The molecule has 0 atom stereocenters. The quantitative estimate of drug-likeness (QED) is 0.754. The first-order valence-corrected chi connectivity index (χ1v) is 8.06. The summed E-state index contributed by atoms with van der Waals surface area (Å²) in [6.07, 6.45) is 0. The normalized spacial score (nSPS) is 10.3. The predicted molar refractivity (Wildman–Crippen MR) is 90.1 cm³/mol. The van der Waals surface area contributed by atoms with E-state index in [1.165, 1.54) is 18.3 Å². The molecule has 21 heavy (non-hydrogen) atoms. The Balaban J connectivity index is 2.39. The average Bonchev–Trinajstić information content (AvgIpc) is 2.86. The third kappa shape index (κ3) is 3.82. The Labute approximate surface area is 140 Å². The maximum atomic E-state index is 11.0. The second kappa shape index (κ2) is 7.03. The summed E-state index contributed by atoms with van der Waals surface area (Å²) in [4.78, 5) is 11.0. The van der Waals surface area contributed by atoms with Gasteiger partial charge in [0.1, 0.15) is 5.01 Å². The first kappa shape index (κ1) is 16.0. The molecule has 0 aliphatic carbocycles. The minimum atomic E-state index is -0.169. The number of aromatic nitrogens is 2. The van der Waals surface area contributed by atoms with Crippen LogP contribution in [0.1, 0.15) is 13.8 Å². The fraction of sp³-hybridized carbons (Fsp3) is 0.308. The Bertz CT molecular complexity index is 660. The molecule has 1 aromatic heterocycles. The topological polar surface area (TPSA) is 73.3 Å². The smallest absolute Gasteiger partial charge is 0.223 e. The van der Waals surface area contributed by atoms with E-state index in [9.17, 15) is 4.79 Å². The number of methoxy groups -OCH3 is 1. The second-order valence-electron chi connectivity index (χ2n) is 4.02. The number of hydrogen-bond acceptors (Lipinski definition) is 6. The Morgan fingerprint density at radius 1 is 1.43 bits per heavy atom. The minimum absolute atomic E-state index is 0.169. The molecule has 0 aliphatic rings. The van der Waals surface area contributed by atoms with E-state index in [1.54, 1.807) is 7.11 Å². The minimum Gasteiger partial charge on any atom is -0.492 e. The lowest BCUT2D eigenvalue weighted by molar-refractivity contribution is -0.114. The molecule has 8 heteroatoms. The molecule has 0 saturated carbocycles. The van der Waals surface area contributed by atoms with Gasteiger partial charge in [-0.1, -0.05) is 11.3 Å². The van der Waals surface area contributed by atoms with Crippen LogP contribution in [0, 0.1) is 3.57 Å². The van der Waals surface area contributed by atoms with E-state index in [1.807, 2.05) is 19.1 Å². The third-order valence-corrected chi connectivity index (χ3v) is 4.16. The van der Waals surface area contributed by atoms with Crippen molar-refractivity contribution in [3.8, 4) is 22.1 Å². The number of benzene rings is 1. The van der Waals surface area contributed by atoms with Crippen LogP contribution < -0.4 is 14.8 Å². The van der Waals surface area contributed by atoms with Gasteiger partial charge < -0.3 is 14.8 Å². The Morgan fingerprint density at radius 3 is 2.81 bits per heavy atom. The van der Waals surface area contributed by atoms with E-state index in [-0.39, 0.29) is 5.91 Å². The summed E-state index contributed by atoms with van der Waals surface area (Å²) in [6.45, 7) is 3.90. The number of ether oxygens (including phenoxy) is 2. The number of amides is 1. The van der Waals surface area contributed by atoms with Gasteiger partial charge in [0, 0.05) is 12.5 Å². The van der Waals surface area contributed by atoms with Crippen molar-refractivity contribution in [2.45, 2.75) is 13.8 Å². The molecule has 2 aromatic rings. The number of hydrogen-bond donors (Lipinski definition) is 1. The van der Waals surface area contributed by atoms with E-state index in [2.05, 4.69) is 38.1 Å². The first-order chi connectivity index (χ1) is 10.0. The van der Waals surface area contributed by atoms with Crippen LogP contribution in [0.25, 0.3) is 10.6 Å². The fourth-order valence-electron chi connectivity index (χ4n) is 1.69. The SMILES string of the molecule is CCOc1cc(-c2nnc(NC(C)=O)s2)cc(I)c1OC. The fourth-order valence-corrected chi connectivity index (χ4v) is 3.29. The standard InChI is InChI=1S/C13H14IN3O3S/c1-4-20-10-6-8(5-9(14)11(10)19-3)12-16-17-13(21-12)15-7(2)18/h5-6H,4H2,1-3H3,(H,15,17,18). The molecule has 0 saturated heterocycles. The van der Waals surface area contributed by atoms with Gasteiger partial charge in [0.15, 0.2) is 11.5 Å². The van der Waals surface area contributed by atoms with E-state index >= 15 is 0 Å². The van der Waals surface area contributed by atoms with Crippen molar-refractivity contribution in [1.82, 2.24) is 10.2 Å². The Kier molecular flexibility index (Phi) is 5.34. The van der Waals surface area contributed by atoms with Gasteiger partial charge in [0.05, 0.1) is 17.3 Å². The number of carbonyl (C=O) groups is 1. The van der Waals surface area contributed by atoms with Gasteiger partial charge in [0.2, 0.25) is 11.0 Å². The van der Waals surface area contributed by atoms with Crippen LogP contribution in [-0.4, -0.2) is 29.8 Å². The van der Waals surface area contributed by atoms with Gasteiger partial charge in [0.25, 0.3) is 0 Å². The highest BCUT2D eigenvalue weighted by Gasteiger charge is 2.15. The Hall–Kier alpha value is -1.42. The van der Waals surface area contributed by atoms with Crippen LogP contribution in [0.3, 0.4) is 0 Å². The number of rotatable bonds is 5. The summed E-state index contributed by atoms with van der Waals surface area (Å²) in [5.41, 5.74) is 0.873. The van der Waals surface area contributed by atoms with E-state index in [0.717, 1.165) is 9.13 Å². The summed E-state index contributed by atoms with van der Waals surface area (Å²) in [7, 11) is 1.61. The zero-order valence-corrected chi connectivity index (χ0v) is 14.7. The second-order valence-corrected chi connectivity index (χ2v) is 6.16. The number of anilines is 1. The molecule has 1 heterocycles. The maximum absolute atomic E-state index is 11.0. The lowest BCUT2D eigenvalue weighted by atomic mass is 10.2. The maximum Gasteiger partial charge on any atom is 0.223 e. The number of carbonyl (C=O) groups excluding carboxylic acids is 1. The molecule has 6 nitrogen and oxygen atoms in total. The van der Waals surface area contributed by atoms with Gasteiger partial charge in [-0.15, -0.1) is 10.2 Å². The van der Waals surface area contributed by atoms with Crippen LogP contribution in [0.4, 0.5) is 5.13 Å². The van der Waals surface area contributed by atoms with Gasteiger partial charge in [-0.05, 0) is 41.6 Å². The number of nitrogens with zero attached hydrogens (tertiary/aromatic N) is 2. The van der Waals surface area contributed by atoms with Crippen molar-refractivity contribution in [2.75, 3.05) is 19.0 Å². The van der Waals surface area contributed by atoms with Gasteiger partial charge >= 0.3 is 0 Å². The Morgan fingerprint density at radius 2 is 2.19 bits per heavy atom. The summed E-state index contributed by atoms with van der Waals surface area (Å²) >= 11 is 3.50. The highest BCUT2D eigenvalue weighted by molar-refractivity contribution is 14.1. The highest BCUT2D eigenvalue weighted by Crippen LogP contribution is 2.38. The first-order valence-electron chi connectivity index (χ1n) is 6.17. The van der Waals surface area contributed by atoms with Crippen molar-refractivity contribution in [3.05, 3.63) is 15.7 Å². The molecule has 0 bridgehead atoms. The molecular weight excluding hydrogens is 405 g/mol. The monoisotopic (exact) mass is 419 g/mol. The van der Waals surface area contributed by atoms with Gasteiger partial charge in [-0.2, -0.15) is 0 Å². The number of halogens is 1. The number of nitrogens with one attached hydrogen (secondary N) is 1. The lowest BCUT2D eigenvalue weighted by Gasteiger charge is -2.12. The van der Waals surface area contributed by atoms with Crippen molar-refractivity contribution >= 4 is 45.0 Å². The average molecular weight is 419 g/mol. The third-order valence-electron chi connectivity index (χ3n) is 2.47. The molecular formula is C13H14IN3O3S. The summed E-state index contributed by atoms with van der Waals surface area (Å²) in [6, 6.07) is 3.81. The van der Waals surface area contributed by atoms with Crippen LogP contribution >= 0.6 is 33.9 Å². The summed E-state index contributed by atoms with van der Waals surface area (Å²) in [5, 5.41) is 11.8. The summed E-state index contributed by atoms with van der Waals surface area (Å²) < 4.78 is 11.9. The van der Waals surface area contributed by atoms with E-state index in [4.69, 9.17) is 9.47 Å². The van der Waals surface area contributed by atoms with Crippen molar-refractivity contribution in [2.24, 2.45) is 0 Å². The van der Waals surface area contributed by atoms with Gasteiger partial charge in [-0.3, -0.25) is 4.79 Å². The molecule has 0 aliphatic heterocycles. The highest BCUT2D eigenvalue weighted by atomic mass is 127. The summed E-state index contributed by atoms with van der Waals surface area (Å²) in [5.74, 6) is 1.20. The largest absolute Gasteiger partial charge is 0.492 e. The zero-order valence-electron chi connectivity index (χ0n) is 11.8. The molecule has 1 amide bonds. The lowest BCUT2D eigenvalue weighted by Crippen LogP contribution is -2.04. The van der Waals surface area contributed by atoms with E-state index in [0.29, 0.717) is 28.2 Å². The molecule has 112 valence electrons. The van der Waals surface area contributed by atoms with E-state index < -0.39 is 0 Å². The van der Waals surface area contributed by atoms with Gasteiger partial charge in [-0.25, -0.2) is 0 Å². The molecule has 0 radical (unpaired) electrons. The van der Waals surface area contributed by atoms with Crippen molar-refractivity contribution in [3.63, 3.8) is 0 Å². The van der Waals surface area contributed by atoms with Crippen LogP contribution in [0.2, 0.25) is 0 Å². The van der Waals surface area contributed by atoms with Crippen molar-refractivity contribution in [1.29, 1.82) is 0 Å². The zero-order chi connectivity index (χ0) is 15.4. The molecule has 1 N–H and O–H groups in total. The van der Waals surface area contributed by atoms with Crippen LogP contribution in [0.15, 0.2) is 12.1 Å². The van der Waals surface area contributed by atoms with Crippen LogP contribution in [-0.2, 0) is 4.79 Å². The molecule has 0 spiro atoms. The molecule has 1 aromatic carbocycles. The predicted octanol–water partition coefficient (Wildman–Crippen LogP) is 3.18. The molecule has 0 unspecified atom stereocenters. The molecule has 0 fully saturated rings. The molecule has 2 rings (SSSR count).